The Morgan fingerprint density at radius 3 is 2.57 bits per heavy atom. The highest BCUT2D eigenvalue weighted by atomic mass is 16.5. The van der Waals surface area contributed by atoms with Crippen LogP contribution in [0.3, 0.4) is 0 Å². The van der Waals surface area contributed by atoms with Crippen molar-refractivity contribution >= 4 is 11.9 Å². The number of carboxylic acids is 1. The predicted molar refractivity (Wildman–Crippen MR) is 78.1 cm³/mol. The number of carbonyl (C=O) groups excluding carboxylic acids is 1. The van der Waals surface area contributed by atoms with Gasteiger partial charge in [-0.25, -0.2) is 0 Å². The summed E-state index contributed by atoms with van der Waals surface area (Å²) in [5, 5.41) is 12.0. The molecule has 1 saturated heterocycles. The first-order chi connectivity index (χ1) is 10.1. The van der Waals surface area contributed by atoms with Gasteiger partial charge in [-0.1, -0.05) is 25.7 Å². The van der Waals surface area contributed by atoms with Crippen molar-refractivity contribution in [2.75, 3.05) is 26.3 Å². The molecule has 1 aliphatic heterocycles. The van der Waals surface area contributed by atoms with Gasteiger partial charge in [-0.15, -0.1) is 0 Å². The normalized spacial score (nSPS) is 25.2. The van der Waals surface area contributed by atoms with Crippen LogP contribution in [0.15, 0.2) is 0 Å². The summed E-state index contributed by atoms with van der Waals surface area (Å²) in [6.45, 7) is 1.85. The Morgan fingerprint density at radius 2 is 1.90 bits per heavy atom. The molecule has 0 bridgehead atoms. The summed E-state index contributed by atoms with van der Waals surface area (Å²) >= 11 is 0. The van der Waals surface area contributed by atoms with Gasteiger partial charge in [0.1, 0.15) is 0 Å². The van der Waals surface area contributed by atoms with Gasteiger partial charge in [-0.05, 0) is 12.8 Å². The molecule has 2 rings (SSSR count). The van der Waals surface area contributed by atoms with Crippen LogP contribution in [0.2, 0.25) is 0 Å². The molecule has 0 aromatic heterocycles. The fourth-order valence-corrected chi connectivity index (χ4v) is 3.17. The lowest BCUT2D eigenvalue weighted by atomic mass is 10.1. The van der Waals surface area contributed by atoms with Crippen molar-refractivity contribution in [2.24, 2.45) is 0 Å². The van der Waals surface area contributed by atoms with Gasteiger partial charge in [-0.2, -0.15) is 0 Å². The van der Waals surface area contributed by atoms with Gasteiger partial charge in [-0.3, -0.25) is 14.5 Å². The second-order valence-electron chi connectivity index (χ2n) is 6.05. The quantitative estimate of drug-likeness (QED) is 0.740. The SMILES string of the molecule is O=C(O)CC1COCCN1CC(=O)NC1CCCCCC1. The molecule has 0 aromatic carbocycles. The molecular formula is C15H26N2O4. The summed E-state index contributed by atoms with van der Waals surface area (Å²) in [6.07, 6.45) is 7.04. The van der Waals surface area contributed by atoms with Crippen molar-refractivity contribution in [2.45, 2.75) is 57.0 Å². The Balaban J connectivity index is 1.80. The van der Waals surface area contributed by atoms with Crippen molar-refractivity contribution in [3.05, 3.63) is 0 Å². The van der Waals surface area contributed by atoms with Gasteiger partial charge in [0.05, 0.1) is 26.2 Å². The third-order valence-corrected chi connectivity index (χ3v) is 4.33. The van der Waals surface area contributed by atoms with Crippen molar-refractivity contribution in [3.63, 3.8) is 0 Å². The number of hydrogen-bond acceptors (Lipinski definition) is 4. The Hall–Kier alpha value is -1.14. The maximum absolute atomic E-state index is 12.2. The van der Waals surface area contributed by atoms with Crippen LogP contribution in [0.4, 0.5) is 0 Å². The van der Waals surface area contributed by atoms with Crippen LogP contribution in [0.5, 0.6) is 0 Å². The van der Waals surface area contributed by atoms with Crippen LogP contribution >= 0.6 is 0 Å². The van der Waals surface area contributed by atoms with Gasteiger partial charge in [0, 0.05) is 18.6 Å². The maximum Gasteiger partial charge on any atom is 0.305 e. The summed E-state index contributed by atoms with van der Waals surface area (Å²) in [5.74, 6) is -0.834. The summed E-state index contributed by atoms with van der Waals surface area (Å²) in [6, 6.07) is 0.0927. The highest BCUT2D eigenvalue weighted by Gasteiger charge is 2.27. The number of nitrogens with one attached hydrogen (secondary N) is 1. The second kappa shape index (κ2) is 8.34. The van der Waals surface area contributed by atoms with E-state index in [1.807, 2.05) is 4.90 Å². The van der Waals surface area contributed by atoms with E-state index in [2.05, 4.69) is 5.32 Å². The smallest absolute Gasteiger partial charge is 0.305 e. The minimum absolute atomic E-state index is 0.0131. The maximum atomic E-state index is 12.2. The molecule has 0 radical (unpaired) electrons. The number of carbonyl (C=O) groups is 2. The number of aliphatic carboxylic acids is 1. The Labute approximate surface area is 125 Å². The molecule has 21 heavy (non-hydrogen) atoms. The molecule has 6 heteroatoms. The van der Waals surface area contributed by atoms with Crippen molar-refractivity contribution in [1.82, 2.24) is 10.2 Å². The zero-order chi connectivity index (χ0) is 15.1. The van der Waals surface area contributed by atoms with E-state index in [1.54, 1.807) is 0 Å². The number of amides is 1. The topological polar surface area (TPSA) is 78.9 Å². The molecule has 1 heterocycles. The molecule has 120 valence electrons. The first-order valence-electron chi connectivity index (χ1n) is 7.98. The number of ether oxygens (including phenoxy) is 1. The van der Waals surface area contributed by atoms with Gasteiger partial charge >= 0.3 is 5.97 Å². The van der Waals surface area contributed by atoms with Crippen LogP contribution in [0, 0.1) is 0 Å². The third-order valence-electron chi connectivity index (χ3n) is 4.33. The predicted octanol–water partition coefficient (Wildman–Crippen LogP) is 1.00. The van der Waals surface area contributed by atoms with Crippen molar-refractivity contribution < 1.29 is 19.4 Å². The molecule has 1 aliphatic carbocycles. The molecule has 1 atom stereocenters. The molecule has 2 N–H and O–H groups in total. The third kappa shape index (κ3) is 5.63. The van der Waals surface area contributed by atoms with Gasteiger partial charge in [0.15, 0.2) is 0 Å². The zero-order valence-corrected chi connectivity index (χ0v) is 12.6. The second-order valence-corrected chi connectivity index (χ2v) is 6.05. The van der Waals surface area contributed by atoms with E-state index >= 15 is 0 Å². The lowest BCUT2D eigenvalue weighted by Gasteiger charge is -2.34. The van der Waals surface area contributed by atoms with Crippen LogP contribution in [0.1, 0.15) is 44.9 Å². The number of morpholine rings is 1. The first-order valence-corrected chi connectivity index (χ1v) is 7.98. The van der Waals surface area contributed by atoms with E-state index in [-0.39, 0.29) is 24.9 Å². The van der Waals surface area contributed by atoms with E-state index in [0.29, 0.717) is 25.8 Å². The average molecular weight is 298 g/mol. The zero-order valence-electron chi connectivity index (χ0n) is 12.6. The molecule has 1 saturated carbocycles. The summed E-state index contributed by atoms with van der Waals surface area (Å²) in [4.78, 5) is 25.0. The first kappa shape index (κ1) is 16.2. The van der Waals surface area contributed by atoms with Gasteiger partial charge in [0.2, 0.25) is 5.91 Å². The number of nitrogens with zero attached hydrogens (tertiary/aromatic N) is 1. The Morgan fingerprint density at radius 1 is 1.19 bits per heavy atom. The standard InChI is InChI=1S/C15H26N2O4/c18-14(16-12-5-3-1-2-4-6-12)10-17-7-8-21-11-13(17)9-15(19)20/h12-13H,1-11H2,(H,16,18)(H,19,20). The molecule has 2 aliphatic rings. The molecule has 0 aromatic rings. The van der Waals surface area contributed by atoms with E-state index in [1.165, 1.54) is 25.7 Å². The van der Waals surface area contributed by atoms with E-state index in [4.69, 9.17) is 9.84 Å². The highest BCUT2D eigenvalue weighted by molar-refractivity contribution is 5.78. The van der Waals surface area contributed by atoms with Crippen molar-refractivity contribution in [3.8, 4) is 0 Å². The van der Waals surface area contributed by atoms with Crippen LogP contribution < -0.4 is 5.32 Å². The lowest BCUT2D eigenvalue weighted by molar-refractivity contribution is -0.141. The average Bonchev–Trinajstić information content (AvgIpc) is 2.69. The summed E-state index contributed by atoms with van der Waals surface area (Å²) in [5.41, 5.74) is 0. The van der Waals surface area contributed by atoms with E-state index in [0.717, 1.165) is 12.8 Å². The molecular weight excluding hydrogens is 272 g/mol. The number of carboxylic acid groups (broad SMARTS) is 1. The van der Waals surface area contributed by atoms with Crippen molar-refractivity contribution in [1.29, 1.82) is 0 Å². The monoisotopic (exact) mass is 298 g/mol. The molecule has 2 fully saturated rings. The largest absolute Gasteiger partial charge is 0.481 e. The van der Waals surface area contributed by atoms with Crippen LogP contribution in [-0.2, 0) is 14.3 Å². The Bertz CT molecular complexity index is 354. The summed E-state index contributed by atoms with van der Waals surface area (Å²) < 4.78 is 5.32. The summed E-state index contributed by atoms with van der Waals surface area (Å²) in [7, 11) is 0. The van der Waals surface area contributed by atoms with E-state index < -0.39 is 5.97 Å². The minimum atomic E-state index is -0.848. The molecule has 1 unspecified atom stereocenters. The fraction of sp³-hybridized carbons (Fsp3) is 0.867. The molecule has 0 spiro atoms. The van der Waals surface area contributed by atoms with E-state index in [9.17, 15) is 9.59 Å². The fourth-order valence-electron chi connectivity index (χ4n) is 3.17. The van der Waals surface area contributed by atoms with Crippen LogP contribution in [-0.4, -0.2) is 60.3 Å². The highest BCUT2D eigenvalue weighted by Crippen LogP contribution is 2.17. The van der Waals surface area contributed by atoms with Gasteiger partial charge < -0.3 is 15.2 Å². The minimum Gasteiger partial charge on any atom is -0.481 e. The molecule has 6 nitrogen and oxygen atoms in total. The number of hydrogen-bond donors (Lipinski definition) is 2. The lowest BCUT2D eigenvalue weighted by Crippen LogP contribution is -2.51. The van der Waals surface area contributed by atoms with Gasteiger partial charge in [0.25, 0.3) is 0 Å². The van der Waals surface area contributed by atoms with Crippen LogP contribution in [0.25, 0.3) is 0 Å². The molecule has 1 amide bonds. The Kier molecular flexibility index (Phi) is 6.45. The number of rotatable bonds is 5.